The van der Waals surface area contributed by atoms with Gasteiger partial charge in [-0.15, -0.1) is 13.2 Å². The maximum absolute atomic E-state index is 14.1. The summed E-state index contributed by atoms with van der Waals surface area (Å²) < 4.78 is 65.2. The molecule has 0 aliphatic heterocycles. The van der Waals surface area contributed by atoms with Gasteiger partial charge in [0.05, 0.1) is 18.8 Å². The molecule has 12 heteroatoms. The fourth-order valence-corrected chi connectivity index (χ4v) is 3.35. The second kappa shape index (κ2) is 10.1. The summed E-state index contributed by atoms with van der Waals surface area (Å²) in [6.45, 7) is -0.124. The Labute approximate surface area is 185 Å². The topological polar surface area (TPSA) is 103 Å². The molecule has 2 unspecified atom stereocenters. The molecule has 1 amide bonds. The zero-order valence-electron chi connectivity index (χ0n) is 17.7. The number of nitrogens with one attached hydrogen (secondary N) is 2. The summed E-state index contributed by atoms with van der Waals surface area (Å²) in [6, 6.07) is 2.84. The van der Waals surface area contributed by atoms with Crippen molar-refractivity contribution in [3.05, 3.63) is 63.6 Å². The van der Waals surface area contributed by atoms with E-state index >= 15 is 0 Å². The fourth-order valence-electron chi connectivity index (χ4n) is 3.35. The largest absolute Gasteiger partial charge is 0.573 e. The van der Waals surface area contributed by atoms with Gasteiger partial charge in [0.15, 0.2) is 11.6 Å². The van der Waals surface area contributed by atoms with Crippen molar-refractivity contribution in [1.82, 2.24) is 15.3 Å². The monoisotopic (exact) mass is 471 g/mol. The predicted molar refractivity (Wildman–Crippen MR) is 108 cm³/mol. The van der Waals surface area contributed by atoms with Crippen molar-refractivity contribution in [2.75, 3.05) is 20.8 Å². The van der Waals surface area contributed by atoms with Crippen molar-refractivity contribution in [2.45, 2.75) is 31.3 Å². The highest BCUT2D eigenvalue weighted by molar-refractivity contribution is 5.92. The molecule has 33 heavy (non-hydrogen) atoms. The number of ether oxygens (including phenoxy) is 3. The molecule has 8 nitrogen and oxygen atoms in total. The number of amides is 1. The summed E-state index contributed by atoms with van der Waals surface area (Å²) in [4.78, 5) is 31.7. The lowest BCUT2D eigenvalue weighted by molar-refractivity contribution is -0.275. The van der Waals surface area contributed by atoms with Gasteiger partial charge >= 0.3 is 6.36 Å². The highest BCUT2D eigenvalue weighted by Crippen LogP contribution is 2.29. The zero-order chi connectivity index (χ0) is 24.2. The van der Waals surface area contributed by atoms with Gasteiger partial charge < -0.3 is 24.5 Å². The molecule has 178 valence electrons. The standard InChI is InChI=1S/C21H21F4N3O5/c1-31-10-16(11-4-6-17(14(22)8-11)33-21(23,24)25)27-20(30)15-9-18(29)28-19(26-15)12-3-5-13(7-12)32-2/h3-4,6,8-9,13,16H,5,7,10H2,1-2H3,(H,27,30)(H,26,28,29). The quantitative estimate of drug-likeness (QED) is 0.574. The van der Waals surface area contributed by atoms with Crippen molar-refractivity contribution in [3.8, 4) is 5.75 Å². The van der Waals surface area contributed by atoms with Crippen LogP contribution in [-0.4, -0.2) is 49.2 Å². The van der Waals surface area contributed by atoms with Gasteiger partial charge in [-0.3, -0.25) is 9.59 Å². The second-order valence-corrected chi connectivity index (χ2v) is 7.23. The molecule has 0 saturated carbocycles. The SMILES string of the molecule is COCC(NC(=O)c1cc(=O)[nH]c(C2=CCC(OC)C2)n1)c1ccc(OC(F)(F)F)c(F)c1. The highest BCUT2D eigenvalue weighted by atomic mass is 19.4. The molecular formula is C21H21F4N3O5. The summed E-state index contributed by atoms with van der Waals surface area (Å²) in [5.41, 5.74) is 0.122. The van der Waals surface area contributed by atoms with Crippen LogP contribution >= 0.6 is 0 Å². The summed E-state index contributed by atoms with van der Waals surface area (Å²) in [5, 5.41) is 2.56. The number of benzene rings is 1. The van der Waals surface area contributed by atoms with Crippen LogP contribution in [0.25, 0.3) is 5.57 Å². The lowest BCUT2D eigenvalue weighted by atomic mass is 10.1. The summed E-state index contributed by atoms with van der Waals surface area (Å²) in [6.07, 6.45) is -2.09. The molecule has 0 fully saturated rings. The Hall–Kier alpha value is -3.25. The first-order chi connectivity index (χ1) is 15.6. The van der Waals surface area contributed by atoms with Crippen LogP contribution < -0.4 is 15.6 Å². The molecule has 2 atom stereocenters. The predicted octanol–water partition coefficient (Wildman–Crippen LogP) is 3.12. The van der Waals surface area contributed by atoms with E-state index in [2.05, 4.69) is 20.0 Å². The number of methoxy groups -OCH3 is 2. The molecule has 2 aromatic rings. The third-order valence-electron chi connectivity index (χ3n) is 4.91. The third kappa shape index (κ3) is 6.39. The van der Waals surface area contributed by atoms with E-state index in [4.69, 9.17) is 9.47 Å². The van der Waals surface area contributed by atoms with Gasteiger partial charge in [-0.05, 0) is 29.7 Å². The molecule has 0 radical (unpaired) electrons. The van der Waals surface area contributed by atoms with E-state index in [9.17, 15) is 27.2 Å². The molecule has 0 spiro atoms. The fraction of sp³-hybridized carbons (Fsp3) is 0.381. The van der Waals surface area contributed by atoms with Crippen LogP contribution in [0.15, 0.2) is 35.1 Å². The van der Waals surface area contributed by atoms with Crippen LogP contribution in [0.2, 0.25) is 0 Å². The van der Waals surface area contributed by atoms with E-state index in [0.717, 1.165) is 23.8 Å². The molecule has 0 saturated heterocycles. The Kier molecular flexibility index (Phi) is 7.49. The average Bonchev–Trinajstić information content (AvgIpc) is 3.23. The van der Waals surface area contributed by atoms with Crippen LogP contribution in [0.4, 0.5) is 17.6 Å². The van der Waals surface area contributed by atoms with Crippen molar-refractivity contribution in [3.63, 3.8) is 0 Å². The molecule has 1 aliphatic rings. The lowest BCUT2D eigenvalue weighted by Gasteiger charge is -2.19. The normalized spacial score (nSPS) is 16.9. The molecule has 3 rings (SSSR count). The molecule has 2 N–H and O–H groups in total. The smallest absolute Gasteiger partial charge is 0.403 e. The molecule has 1 aromatic heterocycles. The van der Waals surface area contributed by atoms with Crippen LogP contribution in [0.3, 0.4) is 0 Å². The number of H-pyrrole nitrogens is 1. The number of carbonyl (C=O) groups excluding carboxylic acids is 1. The summed E-state index contributed by atoms with van der Waals surface area (Å²) in [5.74, 6) is -2.79. The minimum atomic E-state index is -5.05. The number of nitrogens with zero attached hydrogens (tertiary/aromatic N) is 1. The van der Waals surface area contributed by atoms with Gasteiger partial charge in [0.1, 0.15) is 11.5 Å². The van der Waals surface area contributed by atoms with E-state index in [1.54, 1.807) is 7.11 Å². The Morgan fingerprint density at radius 2 is 2.06 bits per heavy atom. The number of aromatic nitrogens is 2. The van der Waals surface area contributed by atoms with Crippen molar-refractivity contribution in [1.29, 1.82) is 0 Å². The first-order valence-corrected chi connectivity index (χ1v) is 9.78. The van der Waals surface area contributed by atoms with Crippen LogP contribution in [-0.2, 0) is 9.47 Å². The number of hydrogen-bond acceptors (Lipinski definition) is 6. The Morgan fingerprint density at radius 1 is 1.30 bits per heavy atom. The van der Waals surface area contributed by atoms with Gasteiger partial charge in [0.2, 0.25) is 0 Å². The number of hydrogen-bond donors (Lipinski definition) is 2. The number of alkyl halides is 3. The number of aromatic amines is 1. The van der Waals surface area contributed by atoms with Gasteiger partial charge in [0.25, 0.3) is 11.5 Å². The third-order valence-corrected chi connectivity index (χ3v) is 4.91. The Balaban J connectivity index is 1.81. The number of halogens is 4. The van der Waals surface area contributed by atoms with Crippen molar-refractivity contribution >= 4 is 11.5 Å². The molecule has 1 aromatic carbocycles. The highest BCUT2D eigenvalue weighted by Gasteiger charge is 2.32. The van der Waals surface area contributed by atoms with Crippen LogP contribution in [0.1, 0.15) is 40.8 Å². The lowest BCUT2D eigenvalue weighted by Crippen LogP contribution is -2.33. The van der Waals surface area contributed by atoms with E-state index in [0.29, 0.717) is 12.8 Å². The van der Waals surface area contributed by atoms with E-state index in [1.807, 2.05) is 6.08 Å². The van der Waals surface area contributed by atoms with Crippen LogP contribution in [0, 0.1) is 5.82 Å². The molecular weight excluding hydrogens is 450 g/mol. The minimum absolute atomic E-state index is 0.0481. The zero-order valence-corrected chi connectivity index (χ0v) is 17.7. The summed E-state index contributed by atoms with van der Waals surface area (Å²) >= 11 is 0. The van der Waals surface area contributed by atoms with E-state index < -0.39 is 35.4 Å². The number of carbonyl (C=O) groups is 1. The maximum atomic E-state index is 14.1. The first kappa shape index (κ1) is 24.4. The van der Waals surface area contributed by atoms with E-state index in [1.165, 1.54) is 13.2 Å². The molecule has 1 heterocycles. The summed E-state index contributed by atoms with van der Waals surface area (Å²) in [7, 11) is 2.90. The Morgan fingerprint density at radius 3 is 2.67 bits per heavy atom. The second-order valence-electron chi connectivity index (χ2n) is 7.23. The molecule has 0 bridgehead atoms. The van der Waals surface area contributed by atoms with Gasteiger partial charge in [0, 0.05) is 26.7 Å². The van der Waals surface area contributed by atoms with E-state index in [-0.39, 0.29) is 29.8 Å². The average molecular weight is 471 g/mol. The number of rotatable bonds is 8. The van der Waals surface area contributed by atoms with Crippen LogP contribution in [0.5, 0.6) is 5.75 Å². The minimum Gasteiger partial charge on any atom is -0.403 e. The Bertz CT molecular complexity index is 1100. The molecule has 1 aliphatic carbocycles. The van der Waals surface area contributed by atoms with Gasteiger partial charge in [-0.25, -0.2) is 9.37 Å². The van der Waals surface area contributed by atoms with Gasteiger partial charge in [-0.2, -0.15) is 0 Å². The first-order valence-electron chi connectivity index (χ1n) is 9.78. The van der Waals surface area contributed by atoms with Gasteiger partial charge in [-0.1, -0.05) is 12.1 Å². The maximum Gasteiger partial charge on any atom is 0.573 e. The van der Waals surface area contributed by atoms with Crippen molar-refractivity contribution < 1.29 is 36.6 Å². The van der Waals surface area contributed by atoms with Crippen molar-refractivity contribution in [2.24, 2.45) is 0 Å².